The molecular formula is C10H11. The summed E-state index contributed by atoms with van der Waals surface area (Å²) in [6.45, 7) is 0. The van der Waals surface area contributed by atoms with Gasteiger partial charge in [-0.05, 0) is 18.9 Å². The summed E-state index contributed by atoms with van der Waals surface area (Å²) in [5, 5.41) is 0. The molecule has 0 aromatic heterocycles. The van der Waals surface area contributed by atoms with Crippen LogP contribution in [0.2, 0.25) is 0 Å². The second-order valence-electron chi connectivity index (χ2n) is 2.11. The van der Waals surface area contributed by atoms with Crippen molar-refractivity contribution in [2.24, 2.45) is 0 Å². The van der Waals surface area contributed by atoms with Gasteiger partial charge in [0.25, 0.3) is 0 Å². The van der Waals surface area contributed by atoms with Crippen molar-refractivity contribution in [1.29, 1.82) is 0 Å². The Morgan fingerprint density at radius 3 is 2.60 bits per heavy atom. The monoisotopic (exact) mass is 131 g/mol. The van der Waals surface area contributed by atoms with Gasteiger partial charge in [-0.3, -0.25) is 0 Å². The molecule has 0 N–H and O–H groups in total. The van der Waals surface area contributed by atoms with Crippen LogP contribution >= 0.6 is 0 Å². The van der Waals surface area contributed by atoms with Crippen molar-refractivity contribution in [2.45, 2.75) is 12.8 Å². The average Bonchev–Trinajstić information content (AvgIpc) is 2.01. The molecular weight excluding hydrogens is 120 g/mol. The molecule has 1 radical (unpaired) electrons. The van der Waals surface area contributed by atoms with E-state index < -0.39 is 0 Å². The van der Waals surface area contributed by atoms with E-state index in [2.05, 4.69) is 30.4 Å². The molecule has 0 aromatic rings. The summed E-state index contributed by atoms with van der Waals surface area (Å²) in [5.74, 6) is 0. The molecule has 0 saturated carbocycles. The van der Waals surface area contributed by atoms with E-state index in [1.54, 1.807) is 0 Å². The molecule has 1 aliphatic carbocycles. The van der Waals surface area contributed by atoms with Gasteiger partial charge in [0, 0.05) is 0 Å². The van der Waals surface area contributed by atoms with Gasteiger partial charge in [-0.1, -0.05) is 42.5 Å². The van der Waals surface area contributed by atoms with Crippen LogP contribution in [0.15, 0.2) is 42.5 Å². The smallest absolute Gasteiger partial charge is 0.0166 e. The molecule has 10 heavy (non-hydrogen) atoms. The standard InChI is InChI=1S/C10H11/c1-2-4-6-8-10-9-7-5-3-1/h1-3,6-9H,4,10H2/b2-1+,5-3?,8-6-,9-7-. The van der Waals surface area contributed by atoms with Crippen molar-refractivity contribution in [3.63, 3.8) is 0 Å². The van der Waals surface area contributed by atoms with Gasteiger partial charge in [-0.15, -0.1) is 0 Å². The Hall–Kier alpha value is -1.04. The van der Waals surface area contributed by atoms with Crippen LogP contribution in [-0.4, -0.2) is 0 Å². The largest absolute Gasteiger partial charge is 0.0844 e. The Balaban J connectivity index is 2.51. The van der Waals surface area contributed by atoms with Gasteiger partial charge >= 0.3 is 0 Å². The van der Waals surface area contributed by atoms with Gasteiger partial charge in [0.05, 0.1) is 0 Å². The van der Waals surface area contributed by atoms with Gasteiger partial charge in [-0.2, -0.15) is 0 Å². The number of hydrogen-bond donors (Lipinski definition) is 0. The Morgan fingerprint density at radius 1 is 0.900 bits per heavy atom. The summed E-state index contributed by atoms with van der Waals surface area (Å²) in [4.78, 5) is 0. The van der Waals surface area contributed by atoms with E-state index in [4.69, 9.17) is 0 Å². The Kier molecular flexibility index (Phi) is 3.40. The molecule has 1 aliphatic rings. The van der Waals surface area contributed by atoms with E-state index >= 15 is 0 Å². The molecule has 0 saturated heterocycles. The highest BCUT2D eigenvalue weighted by Crippen LogP contribution is 1.93. The SMILES string of the molecule is [C]1=C\C=C\C/C=C\C\C=C/1. The summed E-state index contributed by atoms with van der Waals surface area (Å²) in [7, 11) is 0. The van der Waals surface area contributed by atoms with E-state index in [1.807, 2.05) is 18.2 Å². The van der Waals surface area contributed by atoms with Crippen molar-refractivity contribution in [1.82, 2.24) is 0 Å². The van der Waals surface area contributed by atoms with Crippen LogP contribution in [0.3, 0.4) is 0 Å². The third kappa shape index (κ3) is 3.08. The molecule has 1 rings (SSSR count). The molecule has 0 bridgehead atoms. The number of hydrogen-bond acceptors (Lipinski definition) is 0. The molecule has 0 heterocycles. The Morgan fingerprint density at radius 2 is 1.70 bits per heavy atom. The lowest BCUT2D eigenvalue weighted by Crippen LogP contribution is -1.63. The minimum atomic E-state index is 1.02. The average molecular weight is 131 g/mol. The van der Waals surface area contributed by atoms with Crippen LogP contribution in [0.25, 0.3) is 0 Å². The van der Waals surface area contributed by atoms with Crippen LogP contribution in [0.5, 0.6) is 0 Å². The lowest BCUT2D eigenvalue weighted by molar-refractivity contribution is 1.30. The quantitative estimate of drug-likeness (QED) is 0.443. The Labute approximate surface area is 62.3 Å². The van der Waals surface area contributed by atoms with Crippen molar-refractivity contribution >= 4 is 0 Å². The van der Waals surface area contributed by atoms with Crippen molar-refractivity contribution in [3.05, 3.63) is 48.6 Å². The second kappa shape index (κ2) is 4.80. The summed E-state index contributed by atoms with van der Waals surface area (Å²) in [6.07, 6.45) is 19.5. The summed E-state index contributed by atoms with van der Waals surface area (Å²) >= 11 is 0. The molecule has 0 fully saturated rings. The summed E-state index contributed by atoms with van der Waals surface area (Å²) in [6, 6.07) is 0. The summed E-state index contributed by atoms with van der Waals surface area (Å²) < 4.78 is 0. The maximum atomic E-state index is 3.03. The van der Waals surface area contributed by atoms with Gasteiger partial charge in [0.2, 0.25) is 0 Å². The van der Waals surface area contributed by atoms with E-state index in [0.29, 0.717) is 0 Å². The first-order chi connectivity index (χ1) is 5.00. The molecule has 0 nitrogen and oxygen atoms in total. The van der Waals surface area contributed by atoms with Crippen LogP contribution in [0.4, 0.5) is 0 Å². The molecule has 0 amide bonds. The third-order valence-corrected chi connectivity index (χ3v) is 1.25. The number of allylic oxidation sites excluding steroid dienone is 8. The van der Waals surface area contributed by atoms with Crippen LogP contribution in [0.1, 0.15) is 12.8 Å². The van der Waals surface area contributed by atoms with Crippen LogP contribution in [0, 0.1) is 6.08 Å². The highest BCUT2D eigenvalue weighted by Gasteiger charge is 1.73. The third-order valence-electron chi connectivity index (χ3n) is 1.25. The zero-order valence-electron chi connectivity index (χ0n) is 5.96. The maximum Gasteiger partial charge on any atom is -0.0166 e. The zero-order valence-corrected chi connectivity index (χ0v) is 5.96. The minimum absolute atomic E-state index is 1.02. The fourth-order valence-corrected chi connectivity index (χ4v) is 0.743. The first kappa shape index (κ1) is 7.07. The molecule has 51 valence electrons. The zero-order chi connectivity index (χ0) is 7.07. The number of rotatable bonds is 0. The van der Waals surface area contributed by atoms with E-state index in [9.17, 15) is 0 Å². The van der Waals surface area contributed by atoms with E-state index in [1.165, 1.54) is 0 Å². The minimum Gasteiger partial charge on any atom is -0.0844 e. The molecule has 0 aromatic carbocycles. The first-order valence-corrected chi connectivity index (χ1v) is 3.54. The molecule has 0 atom stereocenters. The van der Waals surface area contributed by atoms with Crippen LogP contribution in [-0.2, 0) is 0 Å². The topological polar surface area (TPSA) is 0 Å². The first-order valence-electron chi connectivity index (χ1n) is 3.54. The van der Waals surface area contributed by atoms with Crippen LogP contribution < -0.4 is 0 Å². The molecule has 0 spiro atoms. The summed E-state index contributed by atoms with van der Waals surface area (Å²) in [5.41, 5.74) is 0. The fourth-order valence-electron chi connectivity index (χ4n) is 0.743. The predicted molar refractivity (Wildman–Crippen MR) is 44.5 cm³/mol. The van der Waals surface area contributed by atoms with Gasteiger partial charge in [0.1, 0.15) is 0 Å². The maximum absolute atomic E-state index is 3.03. The van der Waals surface area contributed by atoms with E-state index in [-0.39, 0.29) is 0 Å². The van der Waals surface area contributed by atoms with Crippen molar-refractivity contribution < 1.29 is 0 Å². The van der Waals surface area contributed by atoms with Crippen molar-refractivity contribution in [3.8, 4) is 0 Å². The van der Waals surface area contributed by atoms with Gasteiger partial charge in [0.15, 0.2) is 0 Å². The van der Waals surface area contributed by atoms with Gasteiger partial charge < -0.3 is 0 Å². The molecule has 0 heteroatoms. The lowest BCUT2D eigenvalue weighted by Gasteiger charge is -1.83. The predicted octanol–water partition coefficient (Wildman–Crippen LogP) is 2.81. The highest BCUT2D eigenvalue weighted by atomic mass is 13.8. The normalized spacial score (nSPS) is 30.4. The Bertz CT molecular complexity index is 160. The van der Waals surface area contributed by atoms with Crippen molar-refractivity contribution in [2.75, 3.05) is 0 Å². The van der Waals surface area contributed by atoms with E-state index in [0.717, 1.165) is 12.8 Å². The van der Waals surface area contributed by atoms with Gasteiger partial charge in [-0.25, -0.2) is 0 Å². The molecule has 0 aliphatic heterocycles. The lowest BCUT2D eigenvalue weighted by atomic mass is 10.2. The fraction of sp³-hybridized carbons (Fsp3) is 0.200. The highest BCUT2D eigenvalue weighted by molar-refractivity contribution is 5.10. The molecule has 0 unspecified atom stereocenters. The second-order valence-corrected chi connectivity index (χ2v) is 2.11.